The lowest BCUT2D eigenvalue weighted by atomic mass is 9.87. The van der Waals surface area contributed by atoms with Gasteiger partial charge in [-0.2, -0.15) is 9.36 Å². The number of sulfone groups is 1. The number of hydrogen-bond donors (Lipinski definition) is 3. The monoisotopic (exact) mass is 564 g/mol. The molecule has 0 amide bonds. The third-order valence-corrected chi connectivity index (χ3v) is 9.29. The predicted molar refractivity (Wildman–Crippen MR) is 150 cm³/mol. The molecule has 4 rings (SSSR count). The maximum atomic E-state index is 12.7. The van der Waals surface area contributed by atoms with Gasteiger partial charge in [0.25, 0.3) is 0 Å². The van der Waals surface area contributed by atoms with Crippen molar-refractivity contribution in [2.75, 3.05) is 23.7 Å². The van der Waals surface area contributed by atoms with Crippen molar-refractivity contribution in [2.24, 2.45) is 0 Å². The predicted octanol–water partition coefficient (Wildman–Crippen LogP) is 5.82. The standard InChI is InChI=1S/C25H33ClN6O3S2/c1-14(2)35-22-11-18(17-6-8-27-9-7-17)16(5)10-20(22)30-25-28-12-19(26)23(31-25)29-21-13-36-32-24(21)37(33,34)15(3)4/h10-15,17,27H,6-9H2,1-5H3,(H2,28,29,30,31). The van der Waals surface area contributed by atoms with Gasteiger partial charge in [-0.05, 0) is 101 Å². The lowest BCUT2D eigenvalue weighted by molar-refractivity contribution is 0.243. The number of benzene rings is 1. The molecule has 0 atom stereocenters. The summed E-state index contributed by atoms with van der Waals surface area (Å²) in [5.41, 5.74) is 3.55. The van der Waals surface area contributed by atoms with E-state index in [0.717, 1.165) is 48.9 Å². The van der Waals surface area contributed by atoms with Crippen LogP contribution in [-0.2, 0) is 9.84 Å². The van der Waals surface area contributed by atoms with E-state index >= 15 is 0 Å². The fourth-order valence-electron chi connectivity index (χ4n) is 4.23. The van der Waals surface area contributed by atoms with Crippen molar-refractivity contribution >= 4 is 56.1 Å². The van der Waals surface area contributed by atoms with Crippen LogP contribution in [0.2, 0.25) is 5.02 Å². The Balaban J connectivity index is 1.64. The highest BCUT2D eigenvalue weighted by Crippen LogP contribution is 2.37. The molecule has 1 saturated heterocycles. The highest BCUT2D eigenvalue weighted by molar-refractivity contribution is 7.92. The normalized spacial score (nSPS) is 14.8. The number of hydrogen-bond acceptors (Lipinski definition) is 10. The molecular formula is C25H33ClN6O3S2. The molecule has 3 N–H and O–H groups in total. The number of rotatable bonds is 9. The molecule has 0 unspecified atom stereocenters. The van der Waals surface area contributed by atoms with Crippen molar-refractivity contribution < 1.29 is 13.2 Å². The molecule has 3 heterocycles. The van der Waals surface area contributed by atoms with Crippen molar-refractivity contribution in [3.63, 3.8) is 0 Å². The maximum Gasteiger partial charge on any atom is 0.229 e. The molecule has 37 heavy (non-hydrogen) atoms. The Bertz CT molecular complexity index is 1350. The summed E-state index contributed by atoms with van der Waals surface area (Å²) in [5.74, 6) is 1.79. The molecule has 1 aliphatic rings. The average Bonchev–Trinajstić information content (AvgIpc) is 3.32. The van der Waals surface area contributed by atoms with Gasteiger partial charge < -0.3 is 20.7 Å². The van der Waals surface area contributed by atoms with Crippen LogP contribution >= 0.6 is 23.1 Å². The van der Waals surface area contributed by atoms with Crippen molar-refractivity contribution in [1.82, 2.24) is 19.7 Å². The van der Waals surface area contributed by atoms with E-state index in [9.17, 15) is 8.42 Å². The average molecular weight is 565 g/mol. The van der Waals surface area contributed by atoms with E-state index in [0.29, 0.717) is 17.6 Å². The minimum atomic E-state index is -3.58. The molecule has 1 aliphatic heterocycles. The number of aromatic nitrogens is 3. The van der Waals surface area contributed by atoms with Gasteiger partial charge in [0.2, 0.25) is 15.8 Å². The second-order valence-electron chi connectivity index (χ2n) is 9.66. The van der Waals surface area contributed by atoms with E-state index in [1.165, 1.54) is 17.3 Å². The Kier molecular flexibility index (Phi) is 8.57. The molecule has 0 saturated carbocycles. The summed E-state index contributed by atoms with van der Waals surface area (Å²) in [6.45, 7) is 11.4. The second-order valence-corrected chi connectivity index (χ2v) is 13.1. The molecule has 1 fully saturated rings. The van der Waals surface area contributed by atoms with Gasteiger partial charge in [0.1, 0.15) is 10.8 Å². The number of halogens is 1. The first-order valence-corrected chi connectivity index (χ1v) is 15.1. The molecule has 0 aliphatic carbocycles. The van der Waals surface area contributed by atoms with Crippen molar-refractivity contribution in [3.05, 3.63) is 39.9 Å². The van der Waals surface area contributed by atoms with Gasteiger partial charge in [-0.3, -0.25) is 0 Å². The van der Waals surface area contributed by atoms with Crippen LogP contribution < -0.4 is 20.7 Å². The van der Waals surface area contributed by atoms with Crippen LogP contribution in [0.4, 0.5) is 23.1 Å². The van der Waals surface area contributed by atoms with Crippen LogP contribution in [-0.4, -0.2) is 47.2 Å². The SMILES string of the molecule is Cc1cc(Nc2ncc(Cl)c(Nc3csnc3S(=O)(=O)C(C)C)n2)c(OC(C)C)cc1C1CCNCC1. The van der Waals surface area contributed by atoms with E-state index in [1.807, 2.05) is 13.8 Å². The molecule has 9 nitrogen and oxygen atoms in total. The third kappa shape index (κ3) is 6.34. The van der Waals surface area contributed by atoms with Gasteiger partial charge in [0.15, 0.2) is 10.8 Å². The zero-order chi connectivity index (χ0) is 26.7. The highest BCUT2D eigenvalue weighted by Gasteiger charge is 2.26. The first-order chi connectivity index (χ1) is 17.6. The molecule has 0 spiro atoms. The summed E-state index contributed by atoms with van der Waals surface area (Å²) in [5, 5.41) is 11.0. The first kappa shape index (κ1) is 27.6. The number of piperidine rings is 1. The zero-order valence-corrected chi connectivity index (χ0v) is 24.0. The number of anilines is 4. The van der Waals surface area contributed by atoms with Gasteiger partial charge in [-0.15, -0.1) is 0 Å². The van der Waals surface area contributed by atoms with Gasteiger partial charge >= 0.3 is 0 Å². The molecule has 0 radical (unpaired) electrons. The Morgan fingerprint density at radius 2 is 1.86 bits per heavy atom. The van der Waals surface area contributed by atoms with Gasteiger partial charge in [0, 0.05) is 5.38 Å². The van der Waals surface area contributed by atoms with Crippen LogP contribution in [0.15, 0.2) is 28.7 Å². The smallest absolute Gasteiger partial charge is 0.229 e. The van der Waals surface area contributed by atoms with Gasteiger partial charge in [-0.1, -0.05) is 11.6 Å². The van der Waals surface area contributed by atoms with E-state index < -0.39 is 15.1 Å². The summed E-state index contributed by atoms with van der Waals surface area (Å²) < 4.78 is 35.7. The second kappa shape index (κ2) is 11.5. The van der Waals surface area contributed by atoms with Crippen molar-refractivity contribution in [2.45, 2.75) is 69.8 Å². The summed E-state index contributed by atoms with van der Waals surface area (Å²) in [6.07, 6.45) is 3.64. The van der Waals surface area contributed by atoms with Crippen molar-refractivity contribution in [1.29, 1.82) is 0 Å². The minimum Gasteiger partial charge on any atom is -0.489 e. The number of nitrogens with zero attached hydrogens (tertiary/aromatic N) is 3. The van der Waals surface area contributed by atoms with Crippen LogP contribution in [0, 0.1) is 6.92 Å². The fourth-order valence-corrected chi connectivity index (χ4v) is 6.37. The zero-order valence-electron chi connectivity index (χ0n) is 21.6. The Morgan fingerprint density at radius 3 is 2.54 bits per heavy atom. The quantitative estimate of drug-likeness (QED) is 0.295. The number of nitrogens with one attached hydrogen (secondary N) is 3. The van der Waals surface area contributed by atoms with Crippen LogP contribution in [0.3, 0.4) is 0 Å². The number of aryl methyl sites for hydroxylation is 1. The van der Waals surface area contributed by atoms with E-state index in [1.54, 1.807) is 19.2 Å². The first-order valence-electron chi connectivity index (χ1n) is 12.3. The molecule has 12 heteroatoms. The van der Waals surface area contributed by atoms with E-state index in [4.69, 9.17) is 16.3 Å². The van der Waals surface area contributed by atoms with E-state index in [2.05, 4.69) is 49.3 Å². The van der Waals surface area contributed by atoms with Crippen LogP contribution in [0.25, 0.3) is 0 Å². The topological polar surface area (TPSA) is 118 Å². The lowest BCUT2D eigenvalue weighted by Gasteiger charge is -2.26. The van der Waals surface area contributed by atoms with Crippen LogP contribution in [0.5, 0.6) is 5.75 Å². The molecular weight excluding hydrogens is 532 g/mol. The minimum absolute atomic E-state index is 0.0140. The van der Waals surface area contributed by atoms with Crippen LogP contribution in [0.1, 0.15) is 57.6 Å². The Labute approximate surface area is 227 Å². The maximum absolute atomic E-state index is 12.7. The molecule has 3 aromatic rings. The fraction of sp³-hybridized carbons (Fsp3) is 0.480. The molecule has 1 aromatic carbocycles. The van der Waals surface area contributed by atoms with Gasteiger partial charge in [-0.25, -0.2) is 13.4 Å². The molecule has 200 valence electrons. The summed E-state index contributed by atoms with van der Waals surface area (Å²) in [7, 11) is -3.58. The summed E-state index contributed by atoms with van der Waals surface area (Å²) >= 11 is 7.42. The third-order valence-electron chi connectivity index (χ3n) is 6.18. The lowest BCUT2D eigenvalue weighted by Crippen LogP contribution is -2.27. The summed E-state index contributed by atoms with van der Waals surface area (Å²) in [6, 6.07) is 4.19. The largest absolute Gasteiger partial charge is 0.489 e. The van der Waals surface area contributed by atoms with Crippen molar-refractivity contribution in [3.8, 4) is 5.75 Å². The van der Waals surface area contributed by atoms with Gasteiger partial charge in [0.05, 0.1) is 28.9 Å². The Morgan fingerprint density at radius 1 is 1.14 bits per heavy atom. The molecule has 0 bridgehead atoms. The number of ether oxygens (including phenoxy) is 1. The Hall–Kier alpha value is -2.47. The summed E-state index contributed by atoms with van der Waals surface area (Å²) in [4.78, 5) is 8.86. The molecule has 2 aromatic heterocycles. The van der Waals surface area contributed by atoms with E-state index in [-0.39, 0.29) is 22.0 Å². The highest BCUT2D eigenvalue weighted by atomic mass is 35.5.